The van der Waals surface area contributed by atoms with E-state index in [1.807, 2.05) is 17.2 Å². The van der Waals surface area contributed by atoms with Crippen molar-refractivity contribution in [3.05, 3.63) is 31.4 Å². The summed E-state index contributed by atoms with van der Waals surface area (Å²) in [5.74, 6) is 0. The van der Waals surface area contributed by atoms with E-state index >= 15 is 0 Å². The average Bonchev–Trinajstić information content (AvgIpc) is 2.75. The maximum Gasteiger partial charge on any atom is 0.137 e. The number of hydrogen-bond donors (Lipinski definition) is 0. The van der Waals surface area contributed by atoms with Crippen molar-refractivity contribution < 1.29 is 0 Å². The van der Waals surface area contributed by atoms with Gasteiger partial charge in [-0.1, -0.05) is 0 Å². The van der Waals surface area contributed by atoms with Crippen LogP contribution in [0, 0.1) is 0 Å². The molecule has 5 heteroatoms. The molecular weight excluding hydrogens is 166 g/mol. The number of hydrogen-bond acceptors (Lipinski definition) is 3. The van der Waals surface area contributed by atoms with E-state index in [9.17, 15) is 0 Å². The molecule has 2 aromatic rings. The Morgan fingerprint density at radius 3 is 2.77 bits per heavy atom. The van der Waals surface area contributed by atoms with Crippen LogP contribution in [0.15, 0.2) is 31.4 Å². The van der Waals surface area contributed by atoms with Crippen LogP contribution >= 0.6 is 0 Å². The lowest BCUT2D eigenvalue weighted by atomic mass is 10.4. The van der Waals surface area contributed by atoms with Gasteiger partial charge in [0.15, 0.2) is 0 Å². The van der Waals surface area contributed by atoms with Crippen molar-refractivity contribution in [1.82, 2.24) is 24.3 Å². The van der Waals surface area contributed by atoms with Crippen LogP contribution in [0.1, 0.15) is 6.42 Å². The molecule has 0 radical (unpaired) electrons. The largest absolute Gasteiger partial charge is 0.337 e. The highest BCUT2D eigenvalue weighted by Gasteiger charge is 1.92. The molecule has 2 rings (SSSR count). The molecule has 0 aliphatic carbocycles. The Morgan fingerprint density at radius 1 is 1.08 bits per heavy atom. The first kappa shape index (κ1) is 7.97. The normalized spacial score (nSPS) is 10.5. The van der Waals surface area contributed by atoms with E-state index in [2.05, 4.69) is 19.6 Å². The van der Waals surface area contributed by atoms with Crippen molar-refractivity contribution in [3.63, 3.8) is 0 Å². The number of aryl methyl sites for hydroxylation is 2. The second-order valence-electron chi connectivity index (χ2n) is 2.81. The topological polar surface area (TPSA) is 48.5 Å². The van der Waals surface area contributed by atoms with Crippen LogP contribution in [0.3, 0.4) is 0 Å². The van der Waals surface area contributed by atoms with Crippen molar-refractivity contribution in [2.24, 2.45) is 0 Å². The number of rotatable bonds is 4. The van der Waals surface area contributed by atoms with Gasteiger partial charge in [-0.3, -0.25) is 4.68 Å². The van der Waals surface area contributed by atoms with E-state index in [0.717, 1.165) is 19.5 Å². The van der Waals surface area contributed by atoms with Gasteiger partial charge in [-0.15, -0.1) is 0 Å². The summed E-state index contributed by atoms with van der Waals surface area (Å²) in [6.45, 7) is 1.87. The summed E-state index contributed by atoms with van der Waals surface area (Å²) in [6, 6.07) is 0. The molecule has 0 unspecified atom stereocenters. The predicted molar refractivity (Wildman–Crippen MR) is 46.9 cm³/mol. The molecular formula is C8H11N5. The van der Waals surface area contributed by atoms with Crippen molar-refractivity contribution in [2.75, 3.05) is 0 Å². The Labute approximate surface area is 76.0 Å². The lowest BCUT2D eigenvalue weighted by Gasteiger charge is -2.01. The van der Waals surface area contributed by atoms with E-state index in [4.69, 9.17) is 0 Å². The van der Waals surface area contributed by atoms with Crippen LogP contribution in [0.2, 0.25) is 0 Å². The fourth-order valence-corrected chi connectivity index (χ4v) is 1.18. The van der Waals surface area contributed by atoms with Crippen LogP contribution in [0.4, 0.5) is 0 Å². The minimum Gasteiger partial charge on any atom is -0.337 e. The third kappa shape index (κ3) is 2.14. The summed E-state index contributed by atoms with van der Waals surface area (Å²) >= 11 is 0. The minimum atomic E-state index is 0.901. The first-order chi connectivity index (χ1) is 6.45. The standard InChI is InChI=1S/C8H11N5/c1(3-12-5-2-9-7-12)4-13-8-10-6-11-13/h2,5-8H,1,3-4H2. The highest BCUT2D eigenvalue weighted by Crippen LogP contribution is 1.92. The van der Waals surface area contributed by atoms with Crippen molar-refractivity contribution in [2.45, 2.75) is 19.5 Å². The molecule has 2 aromatic heterocycles. The maximum atomic E-state index is 4.02. The van der Waals surface area contributed by atoms with Gasteiger partial charge in [-0.2, -0.15) is 5.10 Å². The Morgan fingerprint density at radius 2 is 2.08 bits per heavy atom. The van der Waals surface area contributed by atoms with Gasteiger partial charge in [-0.25, -0.2) is 9.97 Å². The van der Waals surface area contributed by atoms with E-state index in [1.165, 1.54) is 0 Å². The second kappa shape index (κ2) is 3.84. The van der Waals surface area contributed by atoms with Gasteiger partial charge >= 0.3 is 0 Å². The summed E-state index contributed by atoms with van der Waals surface area (Å²) in [6.07, 6.45) is 9.89. The fourth-order valence-electron chi connectivity index (χ4n) is 1.18. The Balaban J connectivity index is 1.76. The van der Waals surface area contributed by atoms with Crippen molar-refractivity contribution in [1.29, 1.82) is 0 Å². The van der Waals surface area contributed by atoms with Gasteiger partial charge in [0.05, 0.1) is 6.33 Å². The van der Waals surface area contributed by atoms with Crippen molar-refractivity contribution in [3.8, 4) is 0 Å². The zero-order valence-corrected chi connectivity index (χ0v) is 7.24. The quantitative estimate of drug-likeness (QED) is 0.685. The molecule has 0 saturated carbocycles. The predicted octanol–water partition coefficient (Wildman–Crippen LogP) is 0.565. The summed E-state index contributed by atoms with van der Waals surface area (Å²) in [7, 11) is 0. The average molecular weight is 177 g/mol. The summed E-state index contributed by atoms with van der Waals surface area (Å²) in [4.78, 5) is 7.84. The fraction of sp³-hybridized carbons (Fsp3) is 0.375. The highest BCUT2D eigenvalue weighted by molar-refractivity contribution is 4.73. The molecule has 0 spiro atoms. The van der Waals surface area contributed by atoms with Crippen LogP contribution in [0.25, 0.3) is 0 Å². The molecule has 5 nitrogen and oxygen atoms in total. The van der Waals surface area contributed by atoms with E-state index in [1.54, 1.807) is 18.9 Å². The van der Waals surface area contributed by atoms with Crippen molar-refractivity contribution >= 4 is 0 Å². The van der Waals surface area contributed by atoms with E-state index < -0.39 is 0 Å². The van der Waals surface area contributed by atoms with Crippen LogP contribution < -0.4 is 0 Å². The summed E-state index contributed by atoms with van der Waals surface area (Å²) in [5, 5.41) is 4.02. The van der Waals surface area contributed by atoms with Gasteiger partial charge in [0.25, 0.3) is 0 Å². The molecule has 0 bridgehead atoms. The zero-order chi connectivity index (χ0) is 8.93. The Kier molecular flexibility index (Phi) is 2.35. The summed E-state index contributed by atoms with van der Waals surface area (Å²) in [5.41, 5.74) is 0. The molecule has 0 atom stereocenters. The molecule has 0 aliphatic rings. The highest BCUT2D eigenvalue weighted by atomic mass is 15.3. The van der Waals surface area contributed by atoms with Gasteiger partial charge < -0.3 is 4.57 Å². The first-order valence-electron chi connectivity index (χ1n) is 4.23. The third-order valence-corrected chi connectivity index (χ3v) is 1.83. The number of imidazole rings is 1. The third-order valence-electron chi connectivity index (χ3n) is 1.83. The molecule has 68 valence electrons. The van der Waals surface area contributed by atoms with Gasteiger partial charge in [-0.05, 0) is 6.42 Å². The van der Waals surface area contributed by atoms with Crippen LogP contribution in [0.5, 0.6) is 0 Å². The molecule has 13 heavy (non-hydrogen) atoms. The molecule has 0 N–H and O–H groups in total. The molecule has 0 saturated heterocycles. The van der Waals surface area contributed by atoms with Gasteiger partial charge in [0.2, 0.25) is 0 Å². The lowest BCUT2D eigenvalue weighted by Crippen LogP contribution is -2.02. The second-order valence-corrected chi connectivity index (χ2v) is 2.81. The van der Waals surface area contributed by atoms with Gasteiger partial charge in [0, 0.05) is 25.5 Å². The lowest BCUT2D eigenvalue weighted by molar-refractivity contribution is 0.525. The SMILES string of the molecule is c1cn(CCCn2cncn2)cn1. The number of aromatic nitrogens is 5. The van der Waals surface area contributed by atoms with Crippen LogP contribution in [-0.2, 0) is 13.1 Å². The molecule has 0 aliphatic heterocycles. The van der Waals surface area contributed by atoms with Gasteiger partial charge in [0.1, 0.15) is 12.7 Å². The molecule has 0 fully saturated rings. The first-order valence-corrected chi connectivity index (χ1v) is 4.23. The molecule has 2 heterocycles. The van der Waals surface area contributed by atoms with E-state index in [-0.39, 0.29) is 0 Å². The maximum absolute atomic E-state index is 4.02. The van der Waals surface area contributed by atoms with Crippen LogP contribution in [-0.4, -0.2) is 24.3 Å². The Hall–Kier alpha value is -1.65. The minimum absolute atomic E-state index is 0.901. The number of nitrogens with zero attached hydrogens (tertiary/aromatic N) is 5. The smallest absolute Gasteiger partial charge is 0.137 e. The zero-order valence-electron chi connectivity index (χ0n) is 7.24. The van der Waals surface area contributed by atoms with E-state index in [0.29, 0.717) is 0 Å². The molecule has 0 amide bonds. The monoisotopic (exact) mass is 177 g/mol. The summed E-state index contributed by atoms with van der Waals surface area (Å²) < 4.78 is 3.88. The Bertz CT molecular complexity index is 289. The molecule has 0 aromatic carbocycles.